The van der Waals surface area contributed by atoms with Crippen molar-refractivity contribution in [1.82, 2.24) is 15.0 Å². The van der Waals surface area contributed by atoms with Crippen molar-refractivity contribution in [1.29, 1.82) is 0 Å². The van der Waals surface area contributed by atoms with Crippen LogP contribution >= 0.6 is 15.9 Å². The third kappa shape index (κ3) is 1.72. The molecule has 0 radical (unpaired) electrons. The van der Waals surface area contributed by atoms with Gasteiger partial charge in [0, 0.05) is 18.5 Å². The number of halogens is 1. The Hall–Kier alpha value is -1.40. The van der Waals surface area contributed by atoms with E-state index in [-0.39, 0.29) is 12.0 Å². The van der Waals surface area contributed by atoms with E-state index < -0.39 is 0 Å². The highest BCUT2D eigenvalue weighted by atomic mass is 79.9. The van der Waals surface area contributed by atoms with E-state index in [1.807, 2.05) is 25.2 Å². The van der Waals surface area contributed by atoms with E-state index in [4.69, 9.17) is 10.5 Å². The van der Waals surface area contributed by atoms with Crippen LogP contribution in [0.25, 0.3) is 0 Å². The Morgan fingerprint density at radius 3 is 3.00 bits per heavy atom. The lowest BCUT2D eigenvalue weighted by molar-refractivity contribution is 0.312. The first-order valence-electron chi connectivity index (χ1n) is 5.71. The average Bonchev–Trinajstić information content (AvgIpc) is 2.93. The lowest BCUT2D eigenvalue weighted by Crippen LogP contribution is -2.23. The van der Waals surface area contributed by atoms with Gasteiger partial charge in [0.2, 0.25) is 0 Å². The van der Waals surface area contributed by atoms with Gasteiger partial charge in [0.15, 0.2) is 4.60 Å². The minimum atomic E-state index is -0.192. The molecule has 2 atom stereocenters. The first kappa shape index (κ1) is 11.7. The van der Waals surface area contributed by atoms with Crippen LogP contribution in [0.1, 0.15) is 23.2 Å². The van der Waals surface area contributed by atoms with Gasteiger partial charge < -0.3 is 10.5 Å². The molecule has 1 aliphatic rings. The van der Waals surface area contributed by atoms with E-state index >= 15 is 0 Å². The van der Waals surface area contributed by atoms with Crippen LogP contribution in [-0.4, -0.2) is 21.6 Å². The van der Waals surface area contributed by atoms with Gasteiger partial charge in [-0.3, -0.25) is 0 Å². The van der Waals surface area contributed by atoms with E-state index in [1.54, 1.807) is 4.68 Å². The Bertz CT molecular complexity index is 564. The van der Waals surface area contributed by atoms with E-state index in [2.05, 4.69) is 32.3 Å². The molecule has 1 aromatic heterocycles. The maximum absolute atomic E-state index is 6.35. The summed E-state index contributed by atoms with van der Waals surface area (Å²) >= 11 is 3.39. The summed E-state index contributed by atoms with van der Waals surface area (Å²) in [5, 5.41) is 7.94. The van der Waals surface area contributed by atoms with Gasteiger partial charge in [-0.05, 0) is 22.0 Å². The van der Waals surface area contributed by atoms with Gasteiger partial charge in [0.05, 0.1) is 18.3 Å². The second-order valence-electron chi connectivity index (χ2n) is 4.37. The number of nitrogens with zero attached hydrogens (tertiary/aromatic N) is 3. The molecule has 94 valence electrons. The van der Waals surface area contributed by atoms with Gasteiger partial charge in [0.1, 0.15) is 5.75 Å². The molecule has 0 saturated heterocycles. The standard InChI is InChI=1S/C12H13BrN4O/c1-17-11(12(13)15-16-17)10(14)8-6-18-9-5-3-2-4-7(8)9/h2-5,8,10H,6,14H2,1H3. The Morgan fingerprint density at radius 2 is 2.28 bits per heavy atom. The van der Waals surface area contributed by atoms with Crippen LogP contribution in [0, 0.1) is 0 Å². The number of nitrogens with two attached hydrogens (primary N) is 1. The number of hydrogen-bond acceptors (Lipinski definition) is 4. The molecule has 6 heteroatoms. The fourth-order valence-corrected chi connectivity index (χ4v) is 2.96. The smallest absolute Gasteiger partial charge is 0.153 e. The number of para-hydroxylation sites is 1. The topological polar surface area (TPSA) is 66.0 Å². The summed E-state index contributed by atoms with van der Waals surface area (Å²) in [4.78, 5) is 0. The zero-order valence-electron chi connectivity index (χ0n) is 9.88. The maximum Gasteiger partial charge on any atom is 0.153 e. The molecule has 2 unspecified atom stereocenters. The van der Waals surface area contributed by atoms with Gasteiger partial charge in [-0.15, -0.1) is 5.10 Å². The van der Waals surface area contributed by atoms with Gasteiger partial charge in [-0.1, -0.05) is 23.4 Å². The Labute approximate surface area is 113 Å². The molecule has 0 spiro atoms. The Kier molecular flexibility index (Phi) is 2.83. The summed E-state index contributed by atoms with van der Waals surface area (Å²) in [7, 11) is 1.84. The minimum Gasteiger partial charge on any atom is -0.493 e. The molecule has 2 N–H and O–H groups in total. The van der Waals surface area contributed by atoms with E-state index in [9.17, 15) is 0 Å². The lowest BCUT2D eigenvalue weighted by Gasteiger charge is -2.18. The maximum atomic E-state index is 6.35. The highest BCUT2D eigenvalue weighted by Crippen LogP contribution is 2.40. The van der Waals surface area contributed by atoms with Crippen LogP contribution in [0.3, 0.4) is 0 Å². The molecule has 18 heavy (non-hydrogen) atoms. The Morgan fingerprint density at radius 1 is 1.50 bits per heavy atom. The van der Waals surface area contributed by atoms with Crippen LogP contribution in [-0.2, 0) is 7.05 Å². The summed E-state index contributed by atoms with van der Waals surface area (Å²) in [5.74, 6) is 1.05. The lowest BCUT2D eigenvalue weighted by atomic mass is 9.92. The average molecular weight is 309 g/mol. The van der Waals surface area contributed by atoms with Crippen LogP contribution in [0.5, 0.6) is 5.75 Å². The SMILES string of the molecule is Cn1nnc(Br)c1C(N)C1COc2ccccc21. The van der Waals surface area contributed by atoms with E-state index in [0.717, 1.165) is 17.0 Å². The van der Waals surface area contributed by atoms with Crippen LogP contribution in [0.15, 0.2) is 28.9 Å². The molecule has 0 amide bonds. The number of ether oxygens (including phenoxy) is 1. The fraction of sp³-hybridized carbons (Fsp3) is 0.333. The molecule has 3 rings (SSSR count). The van der Waals surface area contributed by atoms with Crippen LogP contribution < -0.4 is 10.5 Å². The molecule has 2 heterocycles. The van der Waals surface area contributed by atoms with Crippen LogP contribution in [0.4, 0.5) is 0 Å². The number of fused-ring (bicyclic) bond motifs is 1. The summed E-state index contributed by atoms with van der Waals surface area (Å²) in [5.41, 5.74) is 8.39. The highest BCUT2D eigenvalue weighted by Gasteiger charge is 2.32. The van der Waals surface area contributed by atoms with Crippen molar-refractivity contribution in [3.63, 3.8) is 0 Å². The summed E-state index contributed by atoms with van der Waals surface area (Å²) in [6.07, 6.45) is 0. The molecule has 0 fully saturated rings. The predicted octanol–water partition coefficient (Wildman–Crippen LogP) is 1.75. The van der Waals surface area contributed by atoms with Crippen molar-refractivity contribution in [2.75, 3.05) is 6.61 Å². The summed E-state index contributed by atoms with van der Waals surface area (Å²) in [6, 6.07) is 7.81. The van der Waals surface area contributed by atoms with E-state index in [0.29, 0.717) is 11.2 Å². The first-order valence-corrected chi connectivity index (χ1v) is 6.50. The highest BCUT2D eigenvalue weighted by molar-refractivity contribution is 9.10. The second kappa shape index (κ2) is 4.37. The molecular weight excluding hydrogens is 296 g/mol. The van der Waals surface area contributed by atoms with Crippen molar-refractivity contribution in [2.45, 2.75) is 12.0 Å². The normalized spacial score (nSPS) is 19.4. The largest absolute Gasteiger partial charge is 0.493 e. The quantitative estimate of drug-likeness (QED) is 0.918. The number of aryl methyl sites for hydroxylation is 1. The number of aromatic nitrogens is 3. The summed E-state index contributed by atoms with van der Waals surface area (Å²) in [6.45, 7) is 0.595. The summed E-state index contributed by atoms with van der Waals surface area (Å²) < 4.78 is 8.06. The third-order valence-electron chi connectivity index (χ3n) is 3.31. The van der Waals surface area contributed by atoms with Crippen molar-refractivity contribution in [3.8, 4) is 5.75 Å². The van der Waals surface area contributed by atoms with Crippen LogP contribution in [0.2, 0.25) is 0 Å². The molecule has 0 aliphatic carbocycles. The molecular formula is C12H13BrN4O. The van der Waals surface area contributed by atoms with E-state index in [1.165, 1.54) is 0 Å². The van der Waals surface area contributed by atoms with Crippen molar-refractivity contribution in [3.05, 3.63) is 40.1 Å². The Balaban J connectivity index is 1.98. The second-order valence-corrected chi connectivity index (χ2v) is 5.12. The number of rotatable bonds is 2. The molecule has 0 bridgehead atoms. The predicted molar refractivity (Wildman–Crippen MR) is 70.3 cm³/mol. The van der Waals surface area contributed by atoms with Crippen molar-refractivity contribution < 1.29 is 4.74 Å². The first-order chi connectivity index (χ1) is 8.68. The molecule has 1 aromatic carbocycles. The molecule has 0 saturated carbocycles. The van der Waals surface area contributed by atoms with Crippen molar-refractivity contribution in [2.24, 2.45) is 12.8 Å². The monoisotopic (exact) mass is 308 g/mol. The number of hydrogen-bond donors (Lipinski definition) is 1. The zero-order valence-corrected chi connectivity index (χ0v) is 11.5. The molecule has 5 nitrogen and oxygen atoms in total. The van der Waals surface area contributed by atoms with Gasteiger partial charge in [-0.25, -0.2) is 4.68 Å². The minimum absolute atomic E-state index is 0.134. The third-order valence-corrected chi connectivity index (χ3v) is 3.88. The van der Waals surface area contributed by atoms with Crippen molar-refractivity contribution >= 4 is 15.9 Å². The number of benzene rings is 1. The van der Waals surface area contributed by atoms with Gasteiger partial charge >= 0.3 is 0 Å². The molecule has 2 aromatic rings. The zero-order chi connectivity index (χ0) is 12.7. The van der Waals surface area contributed by atoms with Gasteiger partial charge in [0.25, 0.3) is 0 Å². The van der Waals surface area contributed by atoms with Gasteiger partial charge in [-0.2, -0.15) is 0 Å². The fourth-order valence-electron chi connectivity index (χ4n) is 2.37. The molecule has 1 aliphatic heterocycles.